The minimum absolute atomic E-state index is 0.160. The van der Waals surface area contributed by atoms with E-state index in [1.54, 1.807) is 6.92 Å². The van der Waals surface area contributed by atoms with Crippen LogP contribution in [0.4, 0.5) is 5.69 Å². The van der Waals surface area contributed by atoms with E-state index in [0.717, 1.165) is 17.8 Å². The van der Waals surface area contributed by atoms with Crippen molar-refractivity contribution in [2.45, 2.75) is 27.3 Å². The first kappa shape index (κ1) is 14.0. The third-order valence-corrected chi connectivity index (χ3v) is 2.76. The van der Waals surface area contributed by atoms with E-state index in [1.165, 1.54) is 0 Å². The van der Waals surface area contributed by atoms with Crippen LogP contribution in [0, 0.1) is 13.8 Å². The molecule has 0 saturated carbocycles. The van der Waals surface area contributed by atoms with Gasteiger partial charge < -0.3 is 15.2 Å². The molecule has 6 heteroatoms. The SMILES string of the molecule is CCNc1ccc(C)cc1C(=O)NCc1noc(C)n1. The van der Waals surface area contributed by atoms with E-state index in [-0.39, 0.29) is 12.5 Å². The number of hydrogen-bond acceptors (Lipinski definition) is 5. The predicted octanol–water partition coefficient (Wildman–Crippen LogP) is 2.05. The highest BCUT2D eigenvalue weighted by molar-refractivity contribution is 5.99. The summed E-state index contributed by atoms with van der Waals surface area (Å²) in [5.74, 6) is 0.791. The summed E-state index contributed by atoms with van der Waals surface area (Å²) >= 11 is 0. The second-order valence-corrected chi connectivity index (χ2v) is 4.49. The van der Waals surface area contributed by atoms with Gasteiger partial charge in [-0.1, -0.05) is 16.8 Å². The van der Waals surface area contributed by atoms with Gasteiger partial charge in [-0.15, -0.1) is 0 Å². The maximum Gasteiger partial charge on any atom is 0.253 e. The maximum atomic E-state index is 12.2. The standard InChI is InChI=1S/C14H18N4O2/c1-4-15-12-6-5-9(2)7-11(12)14(19)16-8-13-17-10(3)20-18-13/h5-7,15H,4,8H2,1-3H3,(H,16,19). The molecule has 6 nitrogen and oxygen atoms in total. The third kappa shape index (κ3) is 3.34. The van der Waals surface area contributed by atoms with Crippen LogP contribution in [0.2, 0.25) is 0 Å². The zero-order chi connectivity index (χ0) is 14.5. The number of nitrogens with one attached hydrogen (secondary N) is 2. The summed E-state index contributed by atoms with van der Waals surface area (Å²) in [4.78, 5) is 16.3. The number of nitrogens with zero attached hydrogens (tertiary/aromatic N) is 2. The molecule has 2 N–H and O–H groups in total. The Morgan fingerprint density at radius 2 is 2.15 bits per heavy atom. The van der Waals surface area contributed by atoms with Crippen molar-refractivity contribution in [2.24, 2.45) is 0 Å². The molecule has 0 saturated heterocycles. The van der Waals surface area contributed by atoms with Crippen LogP contribution in [0.15, 0.2) is 22.7 Å². The van der Waals surface area contributed by atoms with Crippen LogP contribution in [-0.4, -0.2) is 22.6 Å². The Bertz CT molecular complexity index is 607. The summed E-state index contributed by atoms with van der Waals surface area (Å²) in [6, 6.07) is 5.73. The molecule has 0 bridgehead atoms. The number of benzene rings is 1. The molecule has 2 rings (SSSR count). The summed E-state index contributed by atoms with van der Waals surface area (Å²) < 4.78 is 4.86. The Hall–Kier alpha value is -2.37. The normalized spacial score (nSPS) is 10.3. The van der Waals surface area contributed by atoms with Crippen molar-refractivity contribution in [2.75, 3.05) is 11.9 Å². The Balaban J connectivity index is 2.09. The van der Waals surface area contributed by atoms with E-state index in [4.69, 9.17) is 4.52 Å². The van der Waals surface area contributed by atoms with Gasteiger partial charge in [0.05, 0.1) is 12.1 Å². The molecule has 0 aliphatic rings. The van der Waals surface area contributed by atoms with Gasteiger partial charge in [0.2, 0.25) is 5.89 Å². The topological polar surface area (TPSA) is 80.0 Å². The minimum atomic E-state index is -0.160. The molecule has 0 unspecified atom stereocenters. The summed E-state index contributed by atoms with van der Waals surface area (Å²) in [7, 11) is 0. The van der Waals surface area contributed by atoms with Crippen LogP contribution in [0.25, 0.3) is 0 Å². The summed E-state index contributed by atoms with van der Waals surface area (Å²) in [5, 5.41) is 9.71. The van der Waals surface area contributed by atoms with Crippen molar-refractivity contribution in [1.29, 1.82) is 0 Å². The second-order valence-electron chi connectivity index (χ2n) is 4.49. The first-order valence-electron chi connectivity index (χ1n) is 6.52. The Kier molecular flexibility index (Phi) is 4.34. The van der Waals surface area contributed by atoms with Crippen LogP contribution >= 0.6 is 0 Å². The number of aryl methyl sites for hydroxylation is 2. The van der Waals surface area contributed by atoms with Crippen LogP contribution in [0.5, 0.6) is 0 Å². The zero-order valence-electron chi connectivity index (χ0n) is 11.9. The van der Waals surface area contributed by atoms with Gasteiger partial charge in [0.25, 0.3) is 5.91 Å². The first-order valence-corrected chi connectivity index (χ1v) is 6.52. The molecule has 2 aromatic rings. The molecule has 20 heavy (non-hydrogen) atoms. The average Bonchev–Trinajstić information content (AvgIpc) is 2.84. The number of hydrogen-bond donors (Lipinski definition) is 2. The highest BCUT2D eigenvalue weighted by Gasteiger charge is 2.12. The largest absolute Gasteiger partial charge is 0.385 e. The number of rotatable bonds is 5. The lowest BCUT2D eigenvalue weighted by molar-refractivity contribution is 0.0950. The fraction of sp³-hybridized carbons (Fsp3) is 0.357. The molecule has 1 aromatic heterocycles. The fourth-order valence-electron chi connectivity index (χ4n) is 1.86. The molecule has 1 aromatic carbocycles. The number of carbonyl (C=O) groups is 1. The van der Waals surface area contributed by atoms with E-state index in [9.17, 15) is 4.79 Å². The molecular weight excluding hydrogens is 256 g/mol. The van der Waals surface area contributed by atoms with Gasteiger partial charge in [-0.2, -0.15) is 4.98 Å². The number of amides is 1. The van der Waals surface area contributed by atoms with Gasteiger partial charge in [-0.05, 0) is 26.0 Å². The first-order chi connectivity index (χ1) is 9.60. The van der Waals surface area contributed by atoms with Gasteiger partial charge >= 0.3 is 0 Å². The Morgan fingerprint density at radius 1 is 1.35 bits per heavy atom. The lowest BCUT2D eigenvalue weighted by Gasteiger charge is -2.11. The van der Waals surface area contributed by atoms with E-state index in [0.29, 0.717) is 17.3 Å². The molecule has 0 fully saturated rings. The minimum Gasteiger partial charge on any atom is -0.385 e. The van der Waals surface area contributed by atoms with E-state index in [2.05, 4.69) is 20.8 Å². The molecule has 106 valence electrons. The van der Waals surface area contributed by atoms with Crippen molar-refractivity contribution in [1.82, 2.24) is 15.5 Å². The third-order valence-electron chi connectivity index (χ3n) is 2.76. The molecule has 1 heterocycles. The lowest BCUT2D eigenvalue weighted by atomic mass is 10.1. The van der Waals surface area contributed by atoms with Gasteiger partial charge in [0.1, 0.15) is 0 Å². The molecule has 0 spiro atoms. The molecule has 0 radical (unpaired) electrons. The van der Waals surface area contributed by atoms with Crippen molar-refractivity contribution in [3.63, 3.8) is 0 Å². The molecule has 0 aliphatic heterocycles. The van der Waals surface area contributed by atoms with Crippen LogP contribution < -0.4 is 10.6 Å². The maximum absolute atomic E-state index is 12.2. The van der Waals surface area contributed by atoms with E-state index >= 15 is 0 Å². The van der Waals surface area contributed by atoms with Crippen molar-refractivity contribution >= 4 is 11.6 Å². The van der Waals surface area contributed by atoms with E-state index in [1.807, 2.05) is 32.0 Å². The number of aromatic nitrogens is 2. The quantitative estimate of drug-likeness (QED) is 0.872. The summed E-state index contributed by atoms with van der Waals surface area (Å²) in [5.41, 5.74) is 2.47. The average molecular weight is 274 g/mol. The second kappa shape index (κ2) is 6.18. The summed E-state index contributed by atoms with van der Waals surface area (Å²) in [6.45, 7) is 6.66. The smallest absolute Gasteiger partial charge is 0.253 e. The van der Waals surface area contributed by atoms with Gasteiger partial charge in [0.15, 0.2) is 5.82 Å². The summed E-state index contributed by atoms with van der Waals surface area (Å²) in [6.07, 6.45) is 0. The van der Waals surface area contributed by atoms with Gasteiger partial charge in [-0.25, -0.2) is 0 Å². The van der Waals surface area contributed by atoms with Crippen LogP contribution in [0.1, 0.15) is 34.6 Å². The number of carbonyl (C=O) groups excluding carboxylic acids is 1. The van der Waals surface area contributed by atoms with Crippen molar-refractivity contribution in [3.05, 3.63) is 41.0 Å². The number of anilines is 1. The van der Waals surface area contributed by atoms with Crippen molar-refractivity contribution in [3.8, 4) is 0 Å². The van der Waals surface area contributed by atoms with Gasteiger partial charge in [-0.3, -0.25) is 4.79 Å². The van der Waals surface area contributed by atoms with Crippen molar-refractivity contribution < 1.29 is 9.32 Å². The lowest BCUT2D eigenvalue weighted by Crippen LogP contribution is -2.24. The highest BCUT2D eigenvalue weighted by atomic mass is 16.5. The molecular formula is C14H18N4O2. The monoisotopic (exact) mass is 274 g/mol. The molecule has 0 atom stereocenters. The van der Waals surface area contributed by atoms with Crippen LogP contribution in [-0.2, 0) is 6.54 Å². The van der Waals surface area contributed by atoms with Gasteiger partial charge in [0, 0.05) is 19.2 Å². The predicted molar refractivity (Wildman–Crippen MR) is 75.5 cm³/mol. The van der Waals surface area contributed by atoms with Crippen LogP contribution in [0.3, 0.4) is 0 Å². The van der Waals surface area contributed by atoms with E-state index < -0.39 is 0 Å². The molecule has 1 amide bonds. The fourth-order valence-corrected chi connectivity index (χ4v) is 1.86. The zero-order valence-corrected chi connectivity index (χ0v) is 11.9. The highest BCUT2D eigenvalue weighted by Crippen LogP contribution is 2.17. The Labute approximate surface area is 117 Å². The molecule has 0 aliphatic carbocycles. The Morgan fingerprint density at radius 3 is 2.80 bits per heavy atom.